The molecule has 0 saturated heterocycles. The summed E-state index contributed by atoms with van der Waals surface area (Å²) < 4.78 is 0. The summed E-state index contributed by atoms with van der Waals surface area (Å²) in [6.07, 6.45) is 1.92. The number of rotatable bonds is 27. The Labute approximate surface area is 330 Å². The predicted octanol–water partition coefficient (Wildman–Crippen LogP) is -9.73. The molecule has 26 nitrogen and oxygen atoms in total. The first-order valence-electron chi connectivity index (χ1n) is 16.9. The highest BCUT2D eigenvalue weighted by Crippen LogP contribution is 2.01. The lowest BCUT2D eigenvalue weighted by atomic mass is 10.2. The van der Waals surface area contributed by atoms with E-state index < -0.39 is 142 Å². The molecule has 0 spiro atoms. The summed E-state index contributed by atoms with van der Waals surface area (Å²) in [6.45, 7) is -4.19. The third kappa shape index (κ3) is 28.6. The van der Waals surface area contributed by atoms with Crippen molar-refractivity contribution in [2.24, 2.45) is 0 Å². The van der Waals surface area contributed by atoms with Crippen LogP contribution in [0.4, 0.5) is 0 Å². The van der Waals surface area contributed by atoms with Crippen LogP contribution in [0.3, 0.4) is 0 Å². The molecule has 0 fully saturated rings. The number of thioether (sulfide) groups is 1. The van der Waals surface area contributed by atoms with E-state index in [0.717, 1.165) is 0 Å². The minimum Gasteiger partial charge on any atom is -0.358 e. The molecule has 0 aliphatic heterocycles. The van der Waals surface area contributed by atoms with Crippen molar-refractivity contribution >= 4 is 88.6 Å². The van der Waals surface area contributed by atoms with Gasteiger partial charge in [0.15, 0.2) is 0 Å². The number of hydrogen-bond donors (Lipinski definition) is 13. The van der Waals surface area contributed by atoms with E-state index in [0.29, 0.717) is 5.75 Å². The Morgan fingerprint density at radius 1 is 0.386 bits per heavy atom. The van der Waals surface area contributed by atoms with Crippen molar-refractivity contribution in [3.63, 3.8) is 0 Å². The zero-order valence-corrected chi connectivity index (χ0v) is 32.3. The summed E-state index contributed by atoms with van der Waals surface area (Å²) >= 11 is 1.38. The van der Waals surface area contributed by atoms with E-state index in [9.17, 15) is 62.3 Å². The molecule has 57 heavy (non-hydrogen) atoms. The van der Waals surface area contributed by atoms with Gasteiger partial charge in [0.1, 0.15) is 6.04 Å². The zero-order chi connectivity index (χ0) is 43.2. The molecular formula is C30H49N13O13S. The third-order valence-corrected chi connectivity index (χ3v) is 7.12. The van der Waals surface area contributed by atoms with E-state index in [1.165, 1.54) is 25.7 Å². The van der Waals surface area contributed by atoms with Crippen LogP contribution < -0.4 is 69.1 Å². The molecule has 0 aliphatic rings. The van der Waals surface area contributed by atoms with E-state index in [1.54, 1.807) is 6.26 Å². The Kier molecular flexibility index (Phi) is 26.4. The molecule has 0 radical (unpaired) electrons. The molecule has 0 aliphatic carbocycles. The van der Waals surface area contributed by atoms with Crippen LogP contribution in [0.2, 0.25) is 0 Å². The van der Waals surface area contributed by atoms with Crippen LogP contribution in [0, 0.1) is 0 Å². The van der Waals surface area contributed by atoms with Gasteiger partial charge in [0, 0.05) is 14.0 Å². The highest BCUT2D eigenvalue weighted by atomic mass is 32.2. The molecule has 13 N–H and O–H groups in total. The van der Waals surface area contributed by atoms with Gasteiger partial charge in [0.2, 0.25) is 76.8 Å². The number of amides is 13. The maximum absolute atomic E-state index is 12.7. The van der Waals surface area contributed by atoms with Crippen LogP contribution in [0.5, 0.6) is 0 Å². The second-order valence-electron chi connectivity index (χ2n) is 11.2. The second-order valence-corrected chi connectivity index (χ2v) is 12.2. The van der Waals surface area contributed by atoms with Crippen LogP contribution in [-0.2, 0) is 62.3 Å². The van der Waals surface area contributed by atoms with Gasteiger partial charge in [-0.15, -0.1) is 0 Å². The SMILES string of the molecule is CNC(=O)CNC(=O)CNC(=O)CNC(=O)CNC(=O)[C@H](CCSC)NC(=O)CNC(=O)CNC(=O)CNC(=O)CNC(=O)CNC(=O)CNC(=O)CNC(C)=O. The number of nitrogens with one attached hydrogen (secondary N) is 13. The molecule has 318 valence electrons. The molecule has 27 heteroatoms. The van der Waals surface area contributed by atoms with Gasteiger partial charge >= 0.3 is 0 Å². The summed E-state index contributed by atoms with van der Waals surface area (Å²) in [4.78, 5) is 154. The van der Waals surface area contributed by atoms with E-state index in [2.05, 4.69) is 69.1 Å². The summed E-state index contributed by atoms with van der Waals surface area (Å²) in [7, 11) is 1.38. The lowest BCUT2D eigenvalue weighted by Gasteiger charge is -2.18. The number of likely N-dealkylation sites (N-methyl/N-ethyl adjacent to an activating group) is 1. The van der Waals surface area contributed by atoms with Gasteiger partial charge in [-0.05, 0) is 18.4 Å². The lowest BCUT2D eigenvalue weighted by molar-refractivity contribution is -0.131. The van der Waals surface area contributed by atoms with E-state index in [4.69, 9.17) is 0 Å². The molecule has 0 aromatic heterocycles. The van der Waals surface area contributed by atoms with Gasteiger partial charge in [-0.2, -0.15) is 11.8 Å². The standard InChI is InChI=1S/C30H49N13O13S/c1-17(44)32-7-20(46)34-9-22(48)36-10-23(49)37-11-24(50)38-12-25(51)39-14-27(53)41-16-29(55)43-18(4-5-57-3)30(56)42-15-28(54)40-13-26(52)35-8-21(47)33-6-19(45)31-2/h18H,4-16H2,1-3H3,(H,31,45)(H,32,44)(H,33,47)(H,34,46)(H,35,52)(H,36,48)(H,37,49)(H,38,50)(H,39,51)(H,40,54)(H,41,53)(H,42,56)(H,43,55)/t18-/m0/s1. The minimum atomic E-state index is -1.10. The van der Waals surface area contributed by atoms with Crippen LogP contribution in [0.1, 0.15) is 13.3 Å². The Morgan fingerprint density at radius 3 is 0.930 bits per heavy atom. The van der Waals surface area contributed by atoms with Crippen molar-refractivity contribution in [1.29, 1.82) is 0 Å². The first-order valence-corrected chi connectivity index (χ1v) is 18.3. The van der Waals surface area contributed by atoms with Crippen molar-refractivity contribution in [3.05, 3.63) is 0 Å². The maximum Gasteiger partial charge on any atom is 0.243 e. The zero-order valence-electron chi connectivity index (χ0n) is 31.5. The summed E-state index contributed by atoms with van der Waals surface area (Å²) in [5, 5.41) is 29.3. The van der Waals surface area contributed by atoms with Crippen LogP contribution in [0.15, 0.2) is 0 Å². The Hall–Kier alpha value is -6.54. The lowest BCUT2D eigenvalue weighted by Crippen LogP contribution is -2.52. The first kappa shape index (κ1) is 50.5. The number of carbonyl (C=O) groups is 13. The molecular weight excluding hydrogens is 782 g/mol. The molecule has 1 atom stereocenters. The van der Waals surface area contributed by atoms with Crippen molar-refractivity contribution in [2.45, 2.75) is 19.4 Å². The minimum absolute atomic E-state index is 0.157. The van der Waals surface area contributed by atoms with Crippen LogP contribution >= 0.6 is 11.8 Å². The Bertz CT molecular complexity index is 1500. The molecule has 0 heterocycles. The third-order valence-electron chi connectivity index (χ3n) is 6.48. The van der Waals surface area contributed by atoms with Crippen LogP contribution in [0.25, 0.3) is 0 Å². The maximum atomic E-state index is 12.7. The van der Waals surface area contributed by atoms with Gasteiger partial charge in [0.05, 0.1) is 72.0 Å². The normalized spacial score (nSPS) is 10.4. The molecule has 0 unspecified atom stereocenters. The first-order chi connectivity index (χ1) is 26.9. The predicted molar refractivity (Wildman–Crippen MR) is 198 cm³/mol. The van der Waals surface area contributed by atoms with Gasteiger partial charge in [-0.25, -0.2) is 0 Å². The van der Waals surface area contributed by atoms with E-state index in [1.807, 2.05) is 0 Å². The summed E-state index contributed by atoms with van der Waals surface area (Å²) in [6, 6.07) is -1.10. The highest BCUT2D eigenvalue weighted by molar-refractivity contribution is 7.98. The van der Waals surface area contributed by atoms with Crippen molar-refractivity contribution in [3.8, 4) is 0 Å². The fourth-order valence-electron chi connectivity index (χ4n) is 3.51. The number of carbonyl (C=O) groups excluding carboxylic acids is 13. The van der Waals surface area contributed by atoms with Gasteiger partial charge in [-0.1, -0.05) is 0 Å². The Morgan fingerprint density at radius 2 is 0.649 bits per heavy atom. The number of hydrogen-bond acceptors (Lipinski definition) is 14. The van der Waals surface area contributed by atoms with E-state index in [-0.39, 0.29) is 19.5 Å². The van der Waals surface area contributed by atoms with Gasteiger partial charge in [-0.3, -0.25) is 62.3 Å². The van der Waals surface area contributed by atoms with Crippen molar-refractivity contribution < 1.29 is 62.3 Å². The van der Waals surface area contributed by atoms with Crippen LogP contribution in [-0.4, -0.2) is 174 Å². The van der Waals surface area contributed by atoms with Gasteiger partial charge in [0.25, 0.3) is 0 Å². The fraction of sp³-hybridized carbons (Fsp3) is 0.567. The van der Waals surface area contributed by atoms with Crippen molar-refractivity contribution in [1.82, 2.24) is 69.1 Å². The molecule has 0 saturated carbocycles. The quantitative estimate of drug-likeness (QED) is 0.0366. The average molecular weight is 832 g/mol. The smallest absolute Gasteiger partial charge is 0.243 e. The molecule has 0 bridgehead atoms. The second kappa shape index (κ2) is 29.8. The van der Waals surface area contributed by atoms with Crippen molar-refractivity contribution in [2.75, 3.05) is 91.0 Å². The summed E-state index contributed by atoms with van der Waals surface area (Å²) in [5.41, 5.74) is 0. The monoisotopic (exact) mass is 831 g/mol. The molecule has 0 aromatic carbocycles. The fourth-order valence-corrected chi connectivity index (χ4v) is 3.98. The topological polar surface area (TPSA) is 378 Å². The molecule has 0 aromatic rings. The Balaban J connectivity index is 4.37. The average Bonchev–Trinajstić information content (AvgIpc) is 3.18. The largest absolute Gasteiger partial charge is 0.358 e. The molecule has 0 rings (SSSR count). The summed E-state index contributed by atoms with van der Waals surface area (Å²) in [5.74, 6) is -8.48. The van der Waals surface area contributed by atoms with E-state index >= 15 is 0 Å². The molecule has 13 amide bonds. The van der Waals surface area contributed by atoms with Gasteiger partial charge < -0.3 is 69.1 Å². The highest BCUT2D eigenvalue weighted by Gasteiger charge is 2.22.